The van der Waals surface area contributed by atoms with Gasteiger partial charge in [-0.05, 0) is 68.4 Å². The highest BCUT2D eigenvalue weighted by atomic mass is 35.5. The van der Waals surface area contributed by atoms with E-state index < -0.39 is 7.21 Å². The lowest BCUT2D eigenvalue weighted by molar-refractivity contribution is 0.0750. The molecule has 1 fully saturated rings. The fourth-order valence-corrected chi connectivity index (χ4v) is 8.63. The molecular formula is C27H32Cl2N3O3P. The number of morpholine rings is 1. The molecule has 1 heterocycles. The molecule has 6 nitrogen and oxygen atoms in total. The zero-order valence-corrected chi connectivity index (χ0v) is 23.2. The second-order valence-corrected chi connectivity index (χ2v) is 12.2. The molecule has 4 rings (SSSR count). The van der Waals surface area contributed by atoms with E-state index in [-0.39, 0.29) is 5.75 Å². The summed E-state index contributed by atoms with van der Waals surface area (Å²) in [5, 5.41) is 14.2. The van der Waals surface area contributed by atoms with Gasteiger partial charge >= 0.3 is 0 Å². The average Bonchev–Trinajstić information content (AvgIpc) is 2.91. The Bertz CT molecular complexity index is 1240. The standard InChI is InChI=1S/C27H32Cl2N3O3P/c1-4-31(5-2)21-8-13-27(26(33)18-21)36(32-14-16-35-17-15-32,23-11-12-24(28)25(29)19-23)30-20-6-9-22(34-3)10-7-20/h6-13,18-19,33H,4-5,14-17H2,1-3H3/t36-/m1/s1. The molecule has 0 radical (unpaired) electrons. The van der Waals surface area contributed by atoms with Crippen molar-refractivity contribution in [3.8, 4) is 11.5 Å². The van der Waals surface area contributed by atoms with Crippen molar-refractivity contribution in [2.45, 2.75) is 13.8 Å². The predicted octanol–water partition coefficient (Wildman–Crippen LogP) is 6.28. The van der Waals surface area contributed by atoms with E-state index in [2.05, 4.69) is 29.5 Å². The molecule has 0 unspecified atom stereocenters. The molecule has 1 aliphatic rings. The number of hydrogen-bond acceptors (Lipinski definition) is 5. The monoisotopic (exact) mass is 547 g/mol. The highest BCUT2D eigenvalue weighted by Crippen LogP contribution is 2.56. The van der Waals surface area contributed by atoms with E-state index in [4.69, 9.17) is 37.4 Å². The minimum Gasteiger partial charge on any atom is -0.507 e. The van der Waals surface area contributed by atoms with Crippen molar-refractivity contribution in [2.75, 3.05) is 51.4 Å². The van der Waals surface area contributed by atoms with E-state index in [1.807, 2.05) is 48.5 Å². The van der Waals surface area contributed by atoms with E-state index in [1.165, 1.54) is 0 Å². The molecule has 0 amide bonds. The van der Waals surface area contributed by atoms with Gasteiger partial charge in [-0.3, -0.25) is 4.67 Å². The van der Waals surface area contributed by atoms with Crippen molar-refractivity contribution in [3.05, 3.63) is 70.7 Å². The summed E-state index contributed by atoms with van der Waals surface area (Å²) in [5.74, 6) is 0.966. The highest BCUT2D eigenvalue weighted by molar-refractivity contribution is 7.79. The normalized spacial score (nSPS) is 15.8. The van der Waals surface area contributed by atoms with Gasteiger partial charge in [-0.1, -0.05) is 23.2 Å². The van der Waals surface area contributed by atoms with Gasteiger partial charge in [-0.15, -0.1) is 0 Å². The minimum absolute atomic E-state index is 0.211. The Kier molecular flexibility index (Phi) is 8.87. The molecule has 192 valence electrons. The third-order valence-electron chi connectivity index (χ3n) is 6.42. The molecular weight excluding hydrogens is 516 g/mol. The van der Waals surface area contributed by atoms with Crippen molar-refractivity contribution in [3.63, 3.8) is 0 Å². The van der Waals surface area contributed by atoms with Crippen LogP contribution < -0.4 is 20.2 Å². The molecule has 0 aliphatic carbocycles. The van der Waals surface area contributed by atoms with Crippen LogP contribution in [-0.4, -0.2) is 56.3 Å². The number of methoxy groups -OCH3 is 1. The minimum atomic E-state index is -2.75. The van der Waals surface area contributed by atoms with Gasteiger partial charge in [0.05, 0.1) is 48.6 Å². The van der Waals surface area contributed by atoms with Crippen molar-refractivity contribution in [1.82, 2.24) is 4.67 Å². The number of phenols is 1. The molecule has 0 saturated carbocycles. The highest BCUT2D eigenvalue weighted by Gasteiger charge is 2.36. The Morgan fingerprint density at radius 2 is 1.67 bits per heavy atom. The van der Waals surface area contributed by atoms with E-state index >= 15 is 0 Å². The Labute approximate surface area is 223 Å². The predicted molar refractivity (Wildman–Crippen MR) is 152 cm³/mol. The quantitative estimate of drug-likeness (QED) is 0.336. The Hall–Kier alpha value is -2.21. The Morgan fingerprint density at radius 1 is 0.972 bits per heavy atom. The molecule has 3 aromatic rings. The first-order chi connectivity index (χ1) is 17.4. The van der Waals surface area contributed by atoms with E-state index in [9.17, 15) is 5.11 Å². The SMILES string of the molecule is CCN(CC)c1ccc([P@@](=Nc2ccc(OC)cc2)(c2ccc(Cl)c(Cl)c2)N2CCOCC2)c(O)c1. The van der Waals surface area contributed by atoms with Crippen molar-refractivity contribution < 1.29 is 14.6 Å². The van der Waals surface area contributed by atoms with E-state index in [0.29, 0.717) is 36.3 Å². The molecule has 1 atom stereocenters. The Morgan fingerprint density at radius 3 is 2.25 bits per heavy atom. The van der Waals surface area contributed by atoms with Gasteiger partial charge in [0.1, 0.15) is 11.5 Å². The largest absolute Gasteiger partial charge is 0.507 e. The second-order valence-electron chi connectivity index (χ2n) is 8.41. The summed E-state index contributed by atoms with van der Waals surface area (Å²) in [5.41, 5.74) is 1.76. The topological polar surface area (TPSA) is 57.5 Å². The first-order valence-electron chi connectivity index (χ1n) is 12.1. The van der Waals surface area contributed by atoms with Crippen LogP contribution in [0.3, 0.4) is 0 Å². The molecule has 1 aliphatic heterocycles. The number of halogens is 2. The number of aromatic hydroxyl groups is 1. The maximum Gasteiger partial charge on any atom is 0.128 e. The van der Waals surface area contributed by atoms with Crippen LogP contribution in [0.4, 0.5) is 11.4 Å². The Balaban J connectivity index is 2.03. The maximum atomic E-state index is 11.5. The van der Waals surface area contributed by atoms with Gasteiger partial charge in [0.2, 0.25) is 0 Å². The van der Waals surface area contributed by atoms with Gasteiger partial charge in [0, 0.05) is 43.2 Å². The van der Waals surface area contributed by atoms with Gasteiger partial charge in [-0.25, -0.2) is 4.74 Å². The molecule has 9 heteroatoms. The molecule has 0 aromatic heterocycles. The van der Waals surface area contributed by atoms with Crippen LogP contribution in [0.15, 0.2) is 65.4 Å². The zero-order chi connectivity index (χ0) is 25.7. The lowest BCUT2D eigenvalue weighted by Crippen LogP contribution is -2.40. The number of ether oxygens (including phenoxy) is 2. The second kappa shape index (κ2) is 11.9. The lowest BCUT2D eigenvalue weighted by atomic mass is 10.2. The number of phenolic OH excluding ortho intramolecular Hbond substituents is 1. The summed E-state index contributed by atoms with van der Waals surface area (Å²) < 4.78 is 18.8. The van der Waals surface area contributed by atoms with Crippen LogP contribution in [0.5, 0.6) is 11.5 Å². The first-order valence-corrected chi connectivity index (χ1v) is 14.5. The third-order valence-corrected chi connectivity index (χ3v) is 10.9. The van der Waals surface area contributed by atoms with E-state index in [0.717, 1.165) is 40.8 Å². The summed E-state index contributed by atoms with van der Waals surface area (Å²) in [4.78, 5) is 2.21. The number of rotatable bonds is 8. The fraction of sp³-hybridized carbons (Fsp3) is 0.333. The molecule has 0 bridgehead atoms. The smallest absolute Gasteiger partial charge is 0.128 e. The van der Waals surface area contributed by atoms with Crippen LogP contribution in [-0.2, 0) is 4.74 Å². The molecule has 1 saturated heterocycles. The summed E-state index contributed by atoms with van der Waals surface area (Å²) in [6, 6.07) is 19.3. The average molecular weight is 548 g/mol. The van der Waals surface area contributed by atoms with Gasteiger partial charge in [0.25, 0.3) is 0 Å². The van der Waals surface area contributed by atoms with E-state index in [1.54, 1.807) is 13.2 Å². The van der Waals surface area contributed by atoms with Crippen molar-refractivity contribution in [2.24, 2.45) is 4.74 Å². The maximum absolute atomic E-state index is 11.5. The number of anilines is 1. The van der Waals surface area contributed by atoms with Crippen LogP contribution in [0, 0.1) is 0 Å². The van der Waals surface area contributed by atoms with Crippen molar-refractivity contribution >= 4 is 52.4 Å². The summed E-state index contributed by atoms with van der Waals surface area (Å²) in [7, 11) is -1.11. The molecule has 0 spiro atoms. The molecule has 1 N–H and O–H groups in total. The third kappa shape index (κ3) is 5.39. The van der Waals surface area contributed by atoms with Crippen molar-refractivity contribution in [1.29, 1.82) is 0 Å². The summed E-state index contributed by atoms with van der Waals surface area (Å²) >= 11 is 12.9. The van der Waals surface area contributed by atoms with Crippen LogP contribution in [0.2, 0.25) is 10.0 Å². The number of benzene rings is 3. The molecule has 3 aromatic carbocycles. The lowest BCUT2D eigenvalue weighted by Gasteiger charge is -2.40. The number of nitrogens with zero attached hydrogens (tertiary/aromatic N) is 3. The van der Waals surface area contributed by atoms with Crippen LogP contribution in [0.25, 0.3) is 0 Å². The summed E-state index contributed by atoms with van der Waals surface area (Å²) in [6.45, 7) is 8.42. The van der Waals surface area contributed by atoms with Crippen LogP contribution >= 0.6 is 30.4 Å². The first kappa shape index (κ1) is 26.8. The zero-order valence-electron chi connectivity index (χ0n) is 20.8. The molecule has 36 heavy (non-hydrogen) atoms. The summed E-state index contributed by atoms with van der Waals surface area (Å²) in [6.07, 6.45) is 0. The van der Waals surface area contributed by atoms with Gasteiger partial charge in [0.15, 0.2) is 0 Å². The fourth-order valence-electron chi connectivity index (χ4n) is 4.53. The van der Waals surface area contributed by atoms with Crippen LogP contribution in [0.1, 0.15) is 13.8 Å². The van der Waals surface area contributed by atoms with Gasteiger partial charge < -0.3 is 19.5 Å². The van der Waals surface area contributed by atoms with Gasteiger partial charge in [-0.2, -0.15) is 0 Å². The number of hydrogen-bond donors (Lipinski definition) is 1.